The van der Waals surface area contributed by atoms with Crippen LogP contribution in [0.15, 0.2) is 48.5 Å². The van der Waals surface area contributed by atoms with Crippen LogP contribution in [0.1, 0.15) is 28.4 Å². The van der Waals surface area contributed by atoms with Crippen molar-refractivity contribution in [3.63, 3.8) is 0 Å². The lowest BCUT2D eigenvalue weighted by atomic mass is 9.93. The molecule has 1 atom stereocenters. The molecular formula is C17H17ClFNO. The first-order chi connectivity index (χ1) is 9.96. The molecule has 1 N–H and O–H groups in total. The average Bonchev–Trinajstić information content (AvgIpc) is 2.50. The van der Waals surface area contributed by atoms with Crippen LogP contribution in [-0.4, -0.2) is 11.8 Å². The molecule has 0 heterocycles. The third kappa shape index (κ3) is 3.42. The number of alkyl halides is 1. The maximum Gasteiger partial charge on any atom is 0.254 e. The lowest BCUT2D eigenvalue weighted by Gasteiger charge is -2.29. The molecule has 0 spiro atoms. The Balaban J connectivity index is 2.30. The van der Waals surface area contributed by atoms with Gasteiger partial charge in [-0.25, -0.2) is 4.39 Å². The Kier molecular flexibility index (Phi) is 4.63. The highest BCUT2D eigenvalue weighted by Crippen LogP contribution is 2.23. The summed E-state index contributed by atoms with van der Waals surface area (Å²) < 4.78 is 13.8. The largest absolute Gasteiger partial charge is 0.341 e. The van der Waals surface area contributed by atoms with E-state index >= 15 is 0 Å². The third-order valence-electron chi connectivity index (χ3n) is 3.43. The maximum atomic E-state index is 13.8. The highest BCUT2D eigenvalue weighted by Gasteiger charge is 2.28. The van der Waals surface area contributed by atoms with Gasteiger partial charge in [0.25, 0.3) is 5.91 Å². The van der Waals surface area contributed by atoms with Gasteiger partial charge in [0, 0.05) is 5.88 Å². The highest BCUT2D eigenvalue weighted by atomic mass is 35.5. The van der Waals surface area contributed by atoms with Crippen LogP contribution in [0.4, 0.5) is 4.39 Å². The third-order valence-corrected chi connectivity index (χ3v) is 3.97. The summed E-state index contributed by atoms with van der Waals surface area (Å²) >= 11 is 6.04. The summed E-state index contributed by atoms with van der Waals surface area (Å²) in [6, 6.07) is 13.9. The zero-order valence-corrected chi connectivity index (χ0v) is 12.7. The van der Waals surface area contributed by atoms with Crippen LogP contribution < -0.4 is 5.32 Å². The quantitative estimate of drug-likeness (QED) is 0.849. The molecule has 0 aromatic heterocycles. The summed E-state index contributed by atoms with van der Waals surface area (Å²) in [5.41, 5.74) is 0.980. The highest BCUT2D eigenvalue weighted by molar-refractivity contribution is 6.19. The molecule has 0 bridgehead atoms. The topological polar surface area (TPSA) is 29.1 Å². The molecule has 0 saturated carbocycles. The van der Waals surface area contributed by atoms with Crippen LogP contribution in [0.3, 0.4) is 0 Å². The average molecular weight is 306 g/mol. The molecule has 2 aromatic rings. The monoisotopic (exact) mass is 305 g/mol. The molecule has 0 aliphatic heterocycles. The number of amides is 1. The minimum atomic E-state index is -0.754. The summed E-state index contributed by atoms with van der Waals surface area (Å²) in [6.07, 6.45) is 0. The van der Waals surface area contributed by atoms with Gasteiger partial charge in [-0.1, -0.05) is 42.0 Å². The van der Waals surface area contributed by atoms with E-state index in [4.69, 9.17) is 11.6 Å². The number of carbonyl (C=O) groups is 1. The first kappa shape index (κ1) is 15.5. The molecule has 0 saturated heterocycles. The van der Waals surface area contributed by atoms with Crippen molar-refractivity contribution in [2.45, 2.75) is 19.4 Å². The molecule has 0 aliphatic rings. The van der Waals surface area contributed by atoms with Crippen molar-refractivity contribution in [3.8, 4) is 0 Å². The van der Waals surface area contributed by atoms with Crippen LogP contribution in [0.25, 0.3) is 0 Å². The number of halogens is 2. The number of rotatable bonds is 4. The molecule has 21 heavy (non-hydrogen) atoms. The molecule has 4 heteroatoms. The fourth-order valence-corrected chi connectivity index (χ4v) is 2.34. The zero-order chi connectivity index (χ0) is 15.5. The first-order valence-corrected chi connectivity index (χ1v) is 7.20. The molecule has 0 fully saturated rings. The van der Waals surface area contributed by atoms with Gasteiger partial charge in [0.2, 0.25) is 0 Å². The van der Waals surface area contributed by atoms with Crippen LogP contribution in [0, 0.1) is 12.7 Å². The van der Waals surface area contributed by atoms with Gasteiger partial charge in [0.15, 0.2) is 0 Å². The van der Waals surface area contributed by atoms with E-state index in [1.54, 1.807) is 6.07 Å². The van der Waals surface area contributed by atoms with Gasteiger partial charge < -0.3 is 5.32 Å². The van der Waals surface area contributed by atoms with Gasteiger partial charge in [0.05, 0.1) is 11.1 Å². The smallest absolute Gasteiger partial charge is 0.254 e. The minimum Gasteiger partial charge on any atom is -0.341 e. The molecule has 110 valence electrons. The maximum absolute atomic E-state index is 13.8. The number of nitrogens with one attached hydrogen (secondary N) is 1. The molecule has 1 unspecified atom stereocenters. The van der Waals surface area contributed by atoms with Gasteiger partial charge in [-0.15, -0.1) is 11.6 Å². The van der Waals surface area contributed by atoms with Crippen molar-refractivity contribution in [2.75, 3.05) is 5.88 Å². The van der Waals surface area contributed by atoms with Crippen LogP contribution >= 0.6 is 11.6 Å². The first-order valence-electron chi connectivity index (χ1n) is 6.66. The van der Waals surface area contributed by atoms with Crippen molar-refractivity contribution < 1.29 is 9.18 Å². The Morgan fingerprint density at radius 2 is 1.90 bits per heavy atom. The van der Waals surface area contributed by atoms with E-state index in [-0.39, 0.29) is 11.4 Å². The number of hydrogen-bond acceptors (Lipinski definition) is 1. The zero-order valence-electron chi connectivity index (χ0n) is 12.0. The second-order valence-electron chi connectivity index (χ2n) is 5.27. The fourth-order valence-electron chi connectivity index (χ4n) is 2.12. The standard InChI is InChI=1S/C17H17ClFNO/c1-12-8-9-15(19)14(10-12)16(21)20-17(2,11-18)13-6-4-3-5-7-13/h3-10H,11H2,1-2H3,(H,20,21). The molecule has 2 nitrogen and oxygen atoms in total. The second kappa shape index (κ2) is 6.27. The van der Waals surface area contributed by atoms with Crippen LogP contribution in [0.2, 0.25) is 0 Å². The normalized spacial score (nSPS) is 13.5. The minimum absolute atomic E-state index is 0.0299. The predicted molar refractivity (Wildman–Crippen MR) is 83.1 cm³/mol. The van der Waals surface area contributed by atoms with Gasteiger partial charge >= 0.3 is 0 Å². The fraction of sp³-hybridized carbons (Fsp3) is 0.235. The van der Waals surface area contributed by atoms with Gasteiger partial charge in [-0.2, -0.15) is 0 Å². The Labute approximate surface area is 128 Å². The number of benzene rings is 2. The van der Waals surface area contributed by atoms with E-state index in [1.807, 2.05) is 44.2 Å². The van der Waals surface area contributed by atoms with E-state index in [0.29, 0.717) is 0 Å². The van der Waals surface area contributed by atoms with E-state index in [1.165, 1.54) is 12.1 Å². The molecule has 2 rings (SSSR count). The van der Waals surface area contributed by atoms with E-state index in [9.17, 15) is 9.18 Å². The second-order valence-corrected chi connectivity index (χ2v) is 5.54. The van der Waals surface area contributed by atoms with Crippen LogP contribution in [-0.2, 0) is 5.54 Å². The molecule has 1 amide bonds. The Hall–Kier alpha value is -1.87. The molecule has 2 aromatic carbocycles. The van der Waals surface area contributed by atoms with E-state index < -0.39 is 17.3 Å². The van der Waals surface area contributed by atoms with Crippen molar-refractivity contribution in [2.24, 2.45) is 0 Å². The summed E-state index contributed by atoms with van der Waals surface area (Å²) in [6.45, 7) is 3.63. The summed E-state index contributed by atoms with van der Waals surface area (Å²) in [7, 11) is 0. The van der Waals surface area contributed by atoms with Crippen LogP contribution in [0.5, 0.6) is 0 Å². The lowest BCUT2D eigenvalue weighted by molar-refractivity contribution is 0.0909. The summed E-state index contributed by atoms with van der Waals surface area (Å²) in [5, 5.41) is 2.83. The predicted octanol–water partition coefficient (Wildman–Crippen LogP) is 4.02. The van der Waals surface area contributed by atoms with E-state index in [2.05, 4.69) is 5.32 Å². The molecule has 0 aliphatic carbocycles. The summed E-state index contributed by atoms with van der Waals surface area (Å²) in [5.74, 6) is -0.817. The Bertz CT molecular complexity index is 644. The van der Waals surface area contributed by atoms with Gasteiger partial charge in [-0.05, 0) is 31.5 Å². The van der Waals surface area contributed by atoms with Crippen molar-refractivity contribution in [3.05, 3.63) is 71.0 Å². The van der Waals surface area contributed by atoms with E-state index in [0.717, 1.165) is 11.1 Å². The summed E-state index contributed by atoms with van der Waals surface area (Å²) in [4.78, 5) is 12.4. The number of aryl methyl sites for hydroxylation is 1. The number of hydrogen-bond donors (Lipinski definition) is 1. The van der Waals surface area contributed by atoms with Crippen molar-refractivity contribution in [1.29, 1.82) is 0 Å². The van der Waals surface area contributed by atoms with Gasteiger partial charge in [0.1, 0.15) is 5.82 Å². The van der Waals surface area contributed by atoms with Gasteiger partial charge in [-0.3, -0.25) is 4.79 Å². The Morgan fingerprint density at radius 3 is 2.52 bits per heavy atom. The SMILES string of the molecule is Cc1ccc(F)c(C(=O)NC(C)(CCl)c2ccccc2)c1. The number of carbonyl (C=O) groups excluding carboxylic acids is 1. The molecule has 0 radical (unpaired) electrons. The lowest BCUT2D eigenvalue weighted by Crippen LogP contribution is -2.45. The molecular weight excluding hydrogens is 289 g/mol. The van der Waals surface area contributed by atoms with Crippen molar-refractivity contribution >= 4 is 17.5 Å². The van der Waals surface area contributed by atoms with Crippen molar-refractivity contribution in [1.82, 2.24) is 5.32 Å². The Morgan fingerprint density at radius 1 is 1.24 bits per heavy atom.